The maximum absolute atomic E-state index is 12.3. The van der Waals surface area contributed by atoms with Crippen molar-refractivity contribution in [3.8, 4) is 5.75 Å². The fourth-order valence-corrected chi connectivity index (χ4v) is 2.32. The summed E-state index contributed by atoms with van der Waals surface area (Å²) in [6, 6.07) is 5.45. The lowest BCUT2D eigenvalue weighted by atomic mass is 9.79. The number of benzene rings is 1. The van der Waals surface area contributed by atoms with E-state index in [9.17, 15) is 9.59 Å². The zero-order chi connectivity index (χ0) is 15.3. The van der Waals surface area contributed by atoms with E-state index < -0.39 is 11.4 Å². The van der Waals surface area contributed by atoms with Gasteiger partial charge in [-0.3, -0.25) is 9.59 Å². The van der Waals surface area contributed by atoms with Crippen molar-refractivity contribution in [2.75, 3.05) is 13.7 Å². The number of Topliss-reactive ketones (excluding diaryl/α,β-unsaturated/α-hetero) is 1. The van der Waals surface area contributed by atoms with Crippen molar-refractivity contribution in [1.29, 1.82) is 0 Å². The number of carbonyl (C=O) groups excluding carboxylic acids is 2. The summed E-state index contributed by atoms with van der Waals surface area (Å²) in [5.41, 5.74) is 0.0566. The smallest absolute Gasteiger partial charge is 0.313 e. The predicted molar refractivity (Wildman–Crippen MR) is 80.0 cm³/mol. The van der Waals surface area contributed by atoms with Gasteiger partial charge in [0.1, 0.15) is 12.2 Å². The summed E-state index contributed by atoms with van der Waals surface area (Å²) >= 11 is 3.40. The molecule has 0 heterocycles. The molecule has 0 amide bonds. The highest BCUT2D eigenvalue weighted by Crippen LogP contribution is 2.32. The van der Waals surface area contributed by atoms with Gasteiger partial charge < -0.3 is 9.47 Å². The van der Waals surface area contributed by atoms with Gasteiger partial charge in [-0.25, -0.2) is 0 Å². The molecule has 0 unspecified atom stereocenters. The van der Waals surface area contributed by atoms with Crippen LogP contribution in [0, 0.1) is 0 Å². The Kier molecular flexibility index (Phi) is 5.74. The minimum Gasteiger partial charge on any atom is -0.496 e. The molecule has 0 fully saturated rings. The number of halogens is 1. The first-order valence-electron chi connectivity index (χ1n) is 6.35. The first-order valence-corrected chi connectivity index (χ1v) is 7.15. The van der Waals surface area contributed by atoms with Crippen LogP contribution in [-0.4, -0.2) is 25.5 Å². The first-order chi connectivity index (χ1) is 9.32. The second-order valence-corrected chi connectivity index (χ2v) is 5.73. The summed E-state index contributed by atoms with van der Waals surface area (Å²) in [7, 11) is 1.58. The third-order valence-electron chi connectivity index (χ3n) is 3.18. The van der Waals surface area contributed by atoms with Gasteiger partial charge in [0.05, 0.1) is 18.2 Å². The number of methoxy groups -OCH3 is 1. The monoisotopic (exact) mass is 342 g/mol. The van der Waals surface area contributed by atoms with Crippen molar-refractivity contribution in [1.82, 2.24) is 0 Å². The van der Waals surface area contributed by atoms with Gasteiger partial charge in [0.2, 0.25) is 0 Å². The van der Waals surface area contributed by atoms with Gasteiger partial charge >= 0.3 is 5.97 Å². The molecule has 0 saturated heterocycles. The van der Waals surface area contributed by atoms with Crippen LogP contribution in [0.4, 0.5) is 0 Å². The number of rotatable bonds is 6. The van der Waals surface area contributed by atoms with Crippen molar-refractivity contribution >= 4 is 27.7 Å². The first kappa shape index (κ1) is 16.7. The Bertz CT molecular complexity index is 509. The van der Waals surface area contributed by atoms with E-state index in [2.05, 4.69) is 15.9 Å². The Morgan fingerprint density at radius 1 is 1.30 bits per heavy atom. The lowest BCUT2D eigenvalue weighted by molar-refractivity contribution is -0.146. The van der Waals surface area contributed by atoms with Crippen LogP contribution >= 0.6 is 15.9 Å². The summed E-state index contributed by atoms with van der Waals surface area (Å²) in [5.74, 6) is 0.0357. The highest BCUT2D eigenvalue weighted by atomic mass is 79.9. The maximum Gasteiger partial charge on any atom is 0.313 e. The SMILES string of the molecule is CCOC(=O)CC(=O)C(C)(C)c1ccc(OC)c(Br)c1. The molecule has 0 radical (unpaired) electrons. The number of ketones is 1. The van der Waals surface area contributed by atoms with E-state index in [0.29, 0.717) is 5.75 Å². The summed E-state index contributed by atoms with van der Waals surface area (Å²) in [6.45, 7) is 5.58. The van der Waals surface area contributed by atoms with Crippen LogP contribution in [0.15, 0.2) is 22.7 Å². The maximum atomic E-state index is 12.3. The van der Waals surface area contributed by atoms with Gasteiger partial charge in [-0.15, -0.1) is 0 Å². The van der Waals surface area contributed by atoms with Crippen molar-refractivity contribution in [3.63, 3.8) is 0 Å². The molecular weight excluding hydrogens is 324 g/mol. The Hall–Kier alpha value is -1.36. The van der Waals surface area contributed by atoms with Crippen molar-refractivity contribution in [2.45, 2.75) is 32.6 Å². The zero-order valence-corrected chi connectivity index (χ0v) is 13.7. The average molecular weight is 343 g/mol. The van der Waals surface area contributed by atoms with Crippen LogP contribution in [0.25, 0.3) is 0 Å². The van der Waals surface area contributed by atoms with E-state index in [1.54, 1.807) is 33.9 Å². The molecule has 0 atom stereocenters. The minimum atomic E-state index is -0.762. The molecule has 0 spiro atoms. The van der Waals surface area contributed by atoms with Crippen LogP contribution < -0.4 is 4.74 Å². The largest absolute Gasteiger partial charge is 0.496 e. The fourth-order valence-electron chi connectivity index (χ4n) is 1.78. The highest BCUT2D eigenvalue weighted by molar-refractivity contribution is 9.10. The molecule has 0 aliphatic rings. The zero-order valence-electron chi connectivity index (χ0n) is 12.2. The van der Waals surface area contributed by atoms with Crippen LogP contribution in [0.3, 0.4) is 0 Å². The second kappa shape index (κ2) is 6.88. The third kappa shape index (κ3) is 3.82. The Morgan fingerprint density at radius 3 is 2.45 bits per heavy atom. The van der Waals surface area contributed by atoms with Gasteiger partial charge in [0.25, 0.3) is 0 Å². The molecule has 1 aromatic carbocycles. The second-order valence-electron chi connectivity index (χ2n) is 4.88. The highest BCUT2D eigenvalue weighted by Gasteiger charge is 2.31. The van der Waals surface area contributed by atoms with Gasteiger partial charge in [0, 0.05) is 5.41 Å². The molecule has 1 aromatic rings. The summed E-state index contributed by atoms with van der Waals surface area (Å²) in [6.07, 6.45) is -0.218. The average Bonchev–Trinajstić information content (AvgIpc) is 2.38. The molecule has 110 valence electrons. The Balaban J connectivity index is 2.94. The molecule has 4 nitrogen and oxygen atoms in total. The number of carbonyl (C=O) groups is 2. The molecular formula is C15H19BrO4. The Labute approximate surface area is 127 Å². The molecule has 0 N–H and O–H groups in total. The van der Waals surface area contributed by atoms with Crippen LogP contribution in [0.5, 0.6) is 5.75 Å². The number of esters is 1. The third-order valence-corrected chi connectivity index (χ3v) is 3.80. The molecule has 0 aliphatic carbocycles. The molecule has 0 aromatic heterocycles. The molecule has 0 aliphatic heterocycles. The number of hydrogen-bond donors (Lipinski definition) is 0. The lowest BCUT2D eigenvalue weighted by Crippen LogP contribution is -2.31. The van der Waals surface area contributed by atoms with Gasteiger partial charge in [-0.2, -0.15) is 0 Å². The van der Waals surface area contributed by atoms with E-state index >= 15 is 0 Å². The quantitative estimate of drug-likeness (QED) is 0.588. The van der Waals surface area contributed by atoms with Crippen LogP contribution in [-0.2, 0) is 19.7 Å². The van der Waals surface area contributed by atoms with E-state index in [4.69, 9.17) is 9.47 Å². The lowest BCUT2D eigenvalue weighted by Gasteiger charge is -2.24. The normalized spacial score (nSPS) is 11.1. The standard InChI is InChI=1S/C15H19BrO4/c1-5-20-14(18)9-13(17)15(2,3)10-6-7-12(19-4)11(16)8-10/h6-8H,5,9H2,1-4H3. The van der Waals surface area contributed by atoms with E-state index in [1.807, 2.05) is 12.1 Å². The Morgan fingerprint density at radius 2 is 1.95 bits per heavy atom. The molecule has 20 heavy (non-hydrogen) atoms. The molecule has 0 saturated carbocycles. The van der Waals surface area contributed by atoms with Gasteiger partial charge in [-0.05, 0) is 54.4 Å². The van der Waals surface area contributed by atoms with E-state index in [-0.39, 0.29) is 18.8 Å². The topological polar surface area (TPSA) is 52.6 Å². The molecule has 1 rings (SSSR count). The number of hydrogen-bond acceptors (Lipinski definition) is 4. The molecule has 5 heteroatoms. The predicted octanol–water partition coefficient (Wildman–Crippen LogP) is 3.26. The summed E-state index contributed by atoms with van der Waals surface area (Å²) in [4.78, 5) is 23.7. The van der Waals surface area contributed by atoms with Gasteiger partial charge in [0.15, 0.2) is 5.78 Å². The van der Waals surface area contributed by atoms with Crippen LogP contribution in [0.1, 0.15) is 32.8 Å². The van der Waals surface area contributed by atoms with Crippen molar-refractivity contribution < 1.29 is 19.1 Å². The van der Waals surface area contributed by atoms with E-state index in [1.165, 1.54) is 0 Å². The summed E-state index contributed by atoms with van der Waals surface area (Å²) < 4.78 is 10.8. The summed E-state index contributed by atoms with van der Waals surface area (Å²) in [5, 5.41) is 0. The molecule has 0 bridgehead atoms. The van der Waals surface area contributed by atoms with Crippen molar-refractivity contribution in [3.05, 3.63) is 28.2 Å². The fraction of sp³-hybridized carbons (Fsp3) is 0.467. The van der Waals surface area contributed by atoms with E-state index in [0.717, 1.165) is 10.0 Å². The number of ether oxygens (including phenoxy) is 2. The minimum absolute atomic E-state index is 0.173. The van der Waals surface area contributed by atoms with Crippen molar-refractivity contribution in [2.24, 2.45) is 0 Å². The van der Waals surface area contributed by atoms with Crippen LogP contribution in [0.2, 0.25) is 0 Å². The van der Waals surface area contributed by atoms with Gasteiger partial charge in [-0.1, -0.05) is 6.07 Å².